The molecule has 0 radical (unpaired) electrons. The number of hydrogen-bond acceptors (Lipinski definition) is 5. The molecule has 5 heteroatoms. The van der Waals surface area contributed by atoms with Gasteiger partial charge in [-0.05, 0) is 56.9 Å². The van der Waals surface area contributed by atoms with Crippen LogP contribution >= 0.6 is 0 Å². The molecule has 0 spiro atoms. The SMILES string of the molecule is CC=O.CCCCCCOC(=O)c1ccc(OCCCCCCO)cc1. The third-order valence-electron chi connectivity index (χ3n) is 3.64. The largest absolute Gasteiger partial charge is 0.494 e. The highest BCUT2D eigenvalue weighted by atomic mass is 16.5. The van der Waals surface area contributed by atoms with Crippen molar-refractivity contribution in [2.45, 2.75) is 65.2 Å². The molecule has 0 aliphatic heterocycles. The fourth-order valence-corrected chi connectivity index (χ4v) is 2.22. The van der Waals surface area contributed by atoms with Gasteiger partial charge >= 0.3 is 5.97 Å². The van der Waals surface area contributed by atoms with Crippen LogP contribution in [0.3, 0.4) is 0 Å². The Morgan fingerprint density at radius 3 is 2.15 bits per heavy atom. The summed E-state index contributed by atoms with van der Waals surface area (Å²) in [6, 6.07) is 7.10. The summed E-state index contributed by atoms with van der Waals surface area (Å²) in [5, 5.41) is 8.69. The Balaban J connectivity index is 0.00000194. The number of carbonyl (C=O) groups excluding carboxylic acids is 2. The number of aldehydes is 1. The molecule has 1 aromatic carbocycles. The molecule has 1 aromatic rings. The quantitative estimate of drug-likeness (QED) is 0.315. The Labute approximate surface area is 157 Å². The minimum atomic E-state index is -0.267. The van der Waals surface area contributed by atoms with Crippen LogP contribution in [0, 0.1) is 0 Å². The van der Waals surface area contributed by atoms with Gasteiger partial charge in [0.25, 0.3) is 0 Å². The molecule has 0 heterocycles. The third-order valence-corrected chi connectivity index (χ3v) is 3.64. The zero-order chi connectivity index (χ0) is 19.5. The zero-order valence-electron chi connectivity index (χ0n) is 16.2. The Kier molecular flexibility index (Phi) is 16.6. The fraction of sp³-hybridized carbons (Fsp3) is 0.619. The average molecular weight is 366 g/mol. The van der Waals surface area contributed by atoms with Crippen LogP contribution in [0.25, 0.3) is 0 Å². The van der Waals surface area contributed by atoms with E-state index in [0.29, 0.717) is 18.8 Å². The van der Waals surface area contributed by atoms with Gasteiger partial charge in [0.05, 0.1) is 18.8 Å². The Morgan fingerprint density at radius 2 is 1.54 bits per heavy atom. The second-order valence-electron chi connectivity index (χ2n) is 5.94. The van der Waals surface area contributed by atoms with Gasteiger partial charge < -0.3 is 19.4 Å². The van der Waals surface area contributed by atoms with Gasteiger partial charge in [-0.2, -0.15) is 0 Å². The molecule has 0 aliphatic carbocycles. The van der Waals surface area contributed by atoms with Gasteiger partial charge in [-0.25, -0.2) is 4.79 Å². The predicted molar refractivity (Wildman–Crippen MR) is 104 cm³/mol. The van der Waals surface area contributed by atoms with E-state index in [1.165, 1.54) is 19.8 Å². The monoisotopic (exact) mass is 366 g/mol. The molecule has 148 valence electrons. The smallest absolute Gasteiger partial charge is 0.338 e. The van der Waals surface area contributed by atoms with E-state index < -0.39 is 0 Å². The summed E-state index contributed by atoms with van der Waals surface area (Å²) in [6.07, 6.45) is 9.06. The second kappa shape index (κ2) is 17.9. The molecule has 0 aliphatic rings. The van der Waals surface area contributed by atoms with E-state index in [9.17, 15) is 4.79 Å². The molecule has 0 aromatic heterocycles. The van der Waals surface area contributed by atoms with Crippen LogP contribution in [0.15, 0.2) is 24.3 Å². The van der Waals surface area contributed by atoms with E-state index in [4.69, 9.17) is 19.4 Å². The highest BCUT2D eigenvalue weighted by Crippen LogP contribution is 2.14. The number of hydrogen-bond donors (Lipinski definition) is 1. The van der Waals surface area contributed by atoms with Crippen LogP contribution in [-0.2, 0) is 9.53 Å². The predicted octanol–water partition coefficient (Wildman–Crippen LogP) is 4.56. The van der Waals surface area contributed by atoms with Crippen molar-refractivity contribution >= 4 is 12.3 Å². The average Bonchev–Trinajstić information content (AvgIpc) is 2.65. The van der Waals surface area contributed by atoms with E-state index >= 15 is 0 Å². The summed E-state index contributed by atoms with van der Waals surface area (Å²) in [5.74, 6) is 0.503. The Bertz CT molecular complexity index is 456. The number of benzene rings is 1. The van der Waals surface area contributed by atoms with Crippen LogP contribution in [-0.4, -0.2) is 37.2 Å². The van der Waals surface area contributed by atoms with Crippen molar-refractivity contribution in [1.82, 2.24) is 0 Å². The van der Waals surface area contributed by atoms with Crippen molar-refractivity contribution in [3.8, 4) is 5.75 Å². The Hall–Kier alpha value is -1.88. The number of rotatable bonds is 13. The van der Waals surface area contributed by atoms with Crippen molar-refractivity contribution in [2.75, 3.05) is 19.8 Å². The third kappa shape index (κ3) is 13.4. The molecule has 0 atom stereocenters. The molecular weight excluding hydrogens is 332 g/mol. The molecule has 0 amide bonds. The van der Waals surface area contributed by atoms with E-state index in [1.54, 1.807) is 24.3 Å². The molecule has 0 saturated carbocycles. The highest BCUT2D eigenvalue weighted by Gasteiger charge is 2.06. The van der Waals surface area contributed by atoms with Crippen LogP contribution in [0.5, 0.6) is 5.75 Å². The van der Waals surface area contributed by atoms with Crippen molar-refractivity contribution in [3.05, 3.63) is 29.8 Å². The lowest BCUT2D eigenvalue weighted by atomic mass is 10.2. The molecule has 1 N–H and O–H groups in total. The van der Waals surface area contributed by atoms with Gasteiger partial charge in [0, 0.05) is 6.61 Å². The lowest BCUT2D eigenvalue weighted by molar-refractivity contribution is -0.106. The number of carbonyl (C=O) groups is 2. The number of aliphatic hydroxyl groups excluding tert-OH is 1. The van der Waals surface area contributed by atoms with Crippen LogP contribution in [0.1, 0.15) is 75.6 Å². The van der Waals surface area contributed by atoms with Crippen molar-refractivity contribution in [1.29, 1.82) is 0 Å². The first-order valence-electron chi connectivity index (χ1n) is 9.60. The molecule has 0 bridgehead atoms. The molecule has 1 rings (SSSR count). The van der Waals surface area contributed by atoms with Gasteiger partial charge in [0.15, 0.2) is 0 Å². The lowest BCUT2D eigenvalue weighted by Crippen LogP contribution is -2.06. The summed E-state index contributed by atoms with van der Waals surface area (Å²) in [5.41, 5.74) is 0.566. The number of unbranched alkanes of at least 4 members (excludes halogenated alkanes) is 6. The molecule has 26 heavy (non-hydrogen) atoms. The topological polar surface area (TPSA) is 72.8 Å². The fourth-order valence-electron chi connectivity index (χ4n) is 2.22. The van der Waals surface area contributed by atoms with Crippen LogP contribution in [0.2, 0.25) is 0 Å². The van der Waals surface area contributed by atoms with Gasteiger partial charge in [0.1, 0.15) is 12.0 Å². The normalized spacial score (nSPS) is 9.81. The van der Waals surface area contributed by atoms with Gasteiger partial charge in [-0.15, -0.1) is 0 Å². The highest BCUT2D eigenvalue weighted by molar-refractivity contribution is 5.89. The van der Waals surface area contributed by atoms with E-state index in [0.717, 1.165) is 50.6 Å². The maximum atomic E-state index is 11.9. The molecule has 0 saturated heterocycles. The first kappa shape index (κ1) is 24.1. The minimum absolute atomic E-state index is 0.261. The summed E-state index contributed by atoms with van der Waals surface area (Å²) < 4.78 is 10.9. The molecule has 0 unspecified atom stereocenters. The number of aliphatic hydroxyl groups is 1. The molecule has 0 fully saturated rings. The maximum Gasteiger partial charge on any atom is 0.338 e. The maximum absolute atomic E-state index is 11.9. The molecule has 5 nitrogen and oxygen atoms in total. The second-order valence-corrected chi connectivity index (χ2v) is 5.94. The minimum Gasteiger partial charge on any atom is -0.494 e. The van der Waals surface area contributed by atoms with Crippen molar-refractivity contribution < 1.29 is 24.2 Å². The van der Waals surface area contributed by atoms with Gasteiger partial charge in [-0.1, -0.05) is 32.6 Å². The van der Waals surface area contributed by atoms with Crippen LogP contribution in [0.4, 0.5) is 0 Å². The lowest BCUT2D eigenvalue weighted by Gasteiger charge is -2.08. The first-order chi connectivity index (χ1) is 12.7. The first-order valence-corrected chi connectivity index (χ1v) is 9.60. The van der Waals surface area contributed by atoms with E-state index in [-0.39, 0.29) is 12.6 Å². The summed E-state index contributed by atoms with van der Waals surface area (Å²) in [4.78, 5) is 20.7. The summed E-state index contributed by atoms with van der Waals surface area (Å²) >= 11 is 0. The van der Waals surface area contributed by atoms with Crippen LogP contribution < -0.4 is 4.74 Å². The van der Waals surface area contributed by atoms with Crippen molar-refractivity contribution in [2.24, 2.45) is 0 Å². The standard InChI is InChI=1S/C19H30O4.C2H4O/c1-2-3-4-8-16-23-19(21)17-10-12-18(13-11-17)22-15-9-6-5-7-14-20;1-2-3/h10-13,20H,2-9,14-16H2,1H3;2H,1H3. The summed E-state index contributed by atoms with van der Waals surface area (Å²) in [7, 11) is 0. The number of esters is 1. The zero-order valence-corrected chi connectivity index (χ0v) is 16.2. The summed E-state index contributed by atoms with van der Waals surface area (Å²) in [6.45, 7) is 5.01. The number of ether oxygens (including phenoxy) is 2. The van der Waals surface area contributed by atoms with Crippen molar-refractivity contribution in [3.63, 3.8) is 0 Å². The van der Waals surface area contributed by atoms with E-state index in [1.807, 2.05) is 0 Å². The molecular formula is C21H34O5. The van der Waals surface area contributed by atoms with Gasteiger partial charge in [-0.3, -0.25) is 0 Å². The Morgan fingerprint density at radius 1 is 0.962 bits per heavy atom. The van der Waals surface area contributed by atoms with E-state index in [2.05, 4.69) is 6.92 Å². The van der Waals surface area contributed by atoms with Gasteiger partial charge in [0.2, 0.25) is 0 Å².